The number of phenolic OH excluding ortho intramolecular Hbond substituents is 1. The second kappa shape index (κ2) is 47.2. The lowest BCUT2D eigenvalue weighted by atomic mass is 9.49. The van der Waals surface area contributed by atoms with E-state index in [-0.39, 0.29) is 63.6 Å². The Morgan fingerprint density at radius 2 is 0.847 bits per heavy atom. The molecule has 0 aliphatic carbocycles. The maximum atomic E-state index is 12.7. The normalized spacial score (nSPS) is 17.5. The molecule has 5 aliphatic rings. The van der Waals surface area contributed by atoms with Gasteiger partial charge in [0.1, 0.15) is 87.7 Å². The minimum Gasteiger partial charge on any atom is -0.506 e. The van der Waals surface area contributed by atoms with Crippen LogP contribution < -0.4 is 31.1 Å². The van der Waals surface area contributed by atoms with Gasteiger partial charge >= 0.3 is 33.3 Å². The van der Waals surface area contributed by atoms with Crippen LogP contribution in [0.5, 0.6) is 23.0 Å². The van der Waals surface area contributed by atoms with Gasteiger partial charge < -0.3 is 78.0 Å². The summed E-state index contributed by atoms with van der Waals surface area (Å²) in [5, 5.41) is 22.6. The Kier molecular flexibility index (Phi) is 37.4. The first-order valence-electron chi connectivity index (χ1n) is 44.4. The number of benzene rings is 4. The number of nitrogen functional groups attached to an aromatic ring is 2. The number of amides is 2. The molecule has 8 aromatic heterocycles. The lowest BCUT2D eigenvalue weighted by molar-refractivity contribution is 0.00578. The average Bonchev–Trinajstić information content (AvgIpc) is 1.64. The number of piperidine rings is 2. The molecule has 0 spiro atoms. The zero-order chi connectivity index (χ0) is 99.8. The van der Waals surface area contributed by atoms with Crippen LogP contribution in [0.25, 0.3) is 33.3 Å². The monoisotopic (exact) mass is 2250 g/mol. The molecule has 30 nitrogen and oxygen atoms in total. The molecule has 4 aromatic carbocycles. The highest BCUT2D eigenvalue weighted by atomic mass is 127. The van der Waals surface area contributed by atoms with Crippen molar-refractivity contribution < 1.29 is 66.3 Å². The summed E-state index contributed by atoms with van der Waals surface area (Å²) in [6.07, 6.45) is 12.7. The molecule has 0 bridgehead atoms. The fraction of sp³-hybridized carbons (Fsp3) is 0.417. The third-order valence-corrected chi connectivity index (χ3v) is 26.7. The molecule has 5 aliphatic heterocycles. The van der Waals surface area contributed by atoms with Crippen LogP contribution >= 0.6 is 117 Å². The van der Waals surface area contributed by atoms with Crippen LogP contribution in [0.15, 0.2) is 192 Å². The van der Waals surface area contributed by atoms with E-state index >= 15 is 0 Å². The third kappa shape index (κ3) is 29.7. The number of nitrogens with two attached hydrogens (primary N) is 2. The number of hydrogen-bond donors (Lipinski definition) is 3. The molecule has 41 heteroatoms. The standard InChI is InChI=1S/C27H30ClN7O3.C18H21BClNO3.C15H21IN6O2.C12H24B2O4.C12H9BrClNO.C6H4BrClO.C6H6BrN/c1-27(2,3)38-26(36)34-12-6-8-19(14-34)35-25-22(24(29)31-16-32-25)23(33-35)17-9-10-21(20(28)13-17)37-15-18-7-4-5-11-30-18;1-17(2)18(3,4)24-19(23-17)13-8-9-16(15(20)11-13)22-12-14-7-5-6-10-21-14;1-15(2,3)24-14(23)21-6-4-5-9(7-21)22-13-10(11(16)20-22)12(17)18-8-19-13;1-9(2)10(3,4)16-13(15-9)14-17-11(5,6)12(7,8)18-14;13-9-4-5-12(11(14)7-9)16-8-10-3-1-2-6-15-10;7-4-1-2-6(9)5(8)3-4;7-5-6-3-1-2-4-8-6/h4-5,7,9-11,13,16,19H,6,8,12,14-15H2,1-3H3,(H2,29,31,32);5-11H,12H2,1-4H3;8-9H,4-7H2,1-3H3,(H2,17,18,19);1-8H3;1-7H,8H2;1-3,9H;1-4H,5H2/t19-;;9-;;;;/m1.1..../s1. The number of likely N-dealkylation sites (tertiary alicyclic amines) is 2. The van der Waals surface area contributed by atoms with Crippen LogP contribution in [0.3, 0.4) is 0 Å². The van der Waals surface area contributed by atoms with Crippen LogP contribution in [0.1, 0.15) is 185 Å². The van der Waals surface area contributed by atoms with E-state index in [0.717, 1.165) is 82.8 Å². The molecule has 5 fully saturated rings. The van der Waals surface area contributed by atoms with E-state index < -0.39 is 32.3 Å². The Bertz CT molecular complexity index is 5970. The quantitative estimate of drug-likeness (QED) is 0.0487. The number of carbonyl (C=O) groups excluding carboxylic acids is 2. The van der Waals surface area contributed by atoms with Gasteiger partial charge in [0.15, 0.2) is 11.3 Å². The predicted octanol–water partition coefficient (Wildman–Crippen LogP) is 22.6. The van der Waals surface area contributed by atoms with Crippen molar-refractivity contribution in [1.29, 1.82) is 0 Å². The van der Waals surface area contributed by atoms with Crippen molar-refractivity contribution in [2.45, 2.75) is 232 Å². The zero-order valence-corrected chi connectivity index (χ0v) is 89.8. The molecule has 5 saturated heterocycles. The Morgan fingerprint density at radius 3 is 1.23 bits per heavy atom. The fourth-order valence-electron chi connectivity index (χ4n) is 13.9. The topological polar surface area (TPSA) is 353 Å². The van der Waals surface area contributed by atoms with E-state index in [1.165, 1.54) is 18.7 Å². The number of aromatic hydroxyl groups is 1. The SMILES string of the molecule is BrCc1ccccn1.CC(C)(C)OC(=O)N1CCC[C@@H](n2nc(-c3ccc(OCc4ccccn4)c(Cl)c3)c3c(N)ncnc32)C1.CC(C)(C)OC(=O)N1CCC[C@@H](n2nc(I)c3c(N)ncnc32)C1.CC1(C)OB(B2OC(C)(C)C(C)(C)O2)OC1(C)C.CC1(C)OB(c2ccc(OCc3ccccn3)c(Cl)c2)OC1(C)C.Clc1cc(Br)ccc1OCc1ccccn1.Oc1ccc(Br)cc1Cl. The van der Waals surface area contributed by atoms with Crippen molar-refractivity contribution in [1.82, 2.24) is 69.2 Å². The first-order chi connectivity index (χ1) is 64.5. The summed E-state index contributed by atoms with van der Waals surface area (Å²) >= 11 is 36.5. The molecular formula is C96H115B3Br3Cl4IN16O14. The second-order valence-electron chi connectivity index (χ2n) is 37.5. The largest absolute Gasteiger partial charge is 0.506 e. The number of alkyl halides is 1. The number of nitrogens with zero attached hydrogens (tertiary/aromatic N) is 14. The Hall–Kier alpha value is -8.80. The summed E-state index contributed by atoms with van der Waals surface area (Å²) in [6, 6.07) is 44.3. The molecule has 13 heterocycles. The lowest BCUT2D eigenvalue weighted by Crippen LogP contribution is -2.43. The molecule has 12 aromatic rings. The number of hydrogen-bond acceptors (Lipinski definition) is 26. The van der Waals surface area contributed by atoms with E-state index in [4.69, 9.17) is 120 Å². The predicted molar refractivity (Wildman–Crippen MR) is 557 cm³/mol. The Morgan fingerprint density at radius 1 is 0.474 bits per heavy atom. The number of rotatable bonds is 15. The Labute approximate surface area is 860 Å². The number of fused-ring (bicyclic) bond motifs is 2. The van der Waals surface area contributed by atoms with Crippen LogP contribution in [0.4, 0.5) is 21.2 Å². The average molecular weight is 2260 g/mol. The molecule has 17 rings (SSSR count). The molecule has 137 heavy (non-hydrogen) atoms. The molecule has 0 saturated carbocycles. The molecule has 728 valence electrons. The molecule has 2 atom stereocenters. The van der Waals surface area contributed by atoms with E-state index in [1.54, 1.807) is 64.9 Å². The maximum absolute atomic E-state index is 12.7. The van der Waals surface area contributed by atoms with Crippen molar-refractivity contribution in [2.24, 2.45) is 0 Å². The summed E-state index contributed by atoms with van der Waals surface area (Å²) in [5.41, 5.74) is 16.2. The van der Waals surface area contributed by atoms with E-state index in [1.807, 2.05) is 243 Å². The van der Waals surface area contributed by atoms with Gasteiger partial charge in [0, 0.05) is 70.8 Å². The summed E-state index contributed by atoms with van der Waals surface area (Å²) < 4.78 is 70.5. The molecule has 2 amide bonds. The zero-order valence-electron chi connectivity index (χ0n) is 79.9. The van der Waals surface area contributed by atoms with Crippen molar-refractivity contribution in [3.05, 3.63) is 239 Å². The Balaban J connectivity index is 0.000000161. The van der Waals surface area contributed by atoms with Gasteiger partial charge in [-0.2, -0.15) is 10.2 Å². The van der Waals surface area contributed by atoms with Gasteiger partial charge in [0.2, 0.25) is 0 Å². The number of ether oxygens (including phenoxy) is 5. The lowest BCUT2D eigenvalue weighted by Gasteiger charge is -2.34. The van der Waals surface area contributed by atoms with Crippen LogP contribution in [-0.2, 0) is 62.6 Å². The van der Waals surface area contributed by atoms with Crippen molar-refractivity contribution >= 4 is 189 Å². The summed E-state index contributed by atoms with van der Waals surface area (Å²) in [4.78, 5) is 62.3. The summed E-state index contributed by atoms with van der Waals surface area (Å²) in [6.45, 7) is 38.9. The third-order valence-electron chi connectivity index (χ3n) is 23.2. The molecule has 0 radical (unpaired) electrons. The van der Waals surface area contributed by atoms with E-state index in [9.17, 15) is 9.59 Å². The summed E-state index contributed by atoms with van der Waals surface area (Å²) in [5.74, 6) is 2.67. The number of carbonyl (C=O) groups is 2. The first kappa shape index (κ1) is 109. The molecular weight excluding hydrogens is 2140 g/mol. The van der Waals surface area contributed by atoms with Crippen molar-refractivity contribution in [3.63, 3.8) is 0 Å². The first-order valence-corrected chi connectivity index (χ1v) is 49.7. The van der Waals surface area contributed by atoms with Gasteiger partial charge in [-0.15, -0.1) is 0 Å². The maximum Gasteiger partial charge on any atom is 0.494 e. The highest BCUT2D eigenvalue weighted by Gasteiger charge is 2.64. The number of aromatic nitrogens is 12. The van der Waals surface area contributed by atoms with Crippen LogP contribution in [-0.4, -0.2) is 179 Å². The van der Waals surface area contributed by atoms with Crippen LogP contribution in [0, 0.1) is 3.70 Å². The smallest absolute Gasteiger partial charge is 0.494 e. The van der Waals surface area contributed by atoms with Gasteiger partial charge in [-0.1, -0.05) is 125 Å². The highest BCUT2D eigenvalue weighted by Crippen LogP contribution is 2.45. The minimum atomic E-state index is -0.565. The number of halogens is 8. The number of phenols is 1. The van der Waals surface area contributed by atoms with Crippen molar-refractivity contribution in [2.75, 3.05) is 37.6 Å². The molecule has 5 N–H and O–H groups in total. The van der Waals surface area contributed by atoms with Gasteiger partial charge in [-0.05, 0) is 294 Å². The summed E-state index contributed by atoms with van der Waals surface area (Å²) in [7, 11) is -1.38. The van der Waals surface area contributed by atoms with Gasteiger partial charge in [-0.25, -0.2) is 38.9 Å². The molecule has 0 unspecified atom stereocenters. The number of pyridine rings is 4. The van der Waals surface area contributed by atoms with E-state index in [2.05, 4.69) is 115 Å². The van der Waals surface area contributed by atoms with Crippen LogP contribution in [0.2, 0.25) is 20.1 Å². The number of anilines is 2. The van der Waals surface area contributed by atoms with Gasteiger partial charge in [0.05, 0.1) is 99.3 Å². The highest BCUT2D eigenvalue weighted by molar-refractivity contribution is 14.1. The fourth-order valence-corrected chi connectivity index (χ4v) is 16.9. The minimum absolute atomic E-state index is 0.0478. The second-order valence-corrected chi connectivity index (χ2v) is 42.6. The van der Waals surface area contributed by atoms with Gasteiger partial charge in [-0.3, -0.25) is 19.9 Å². The van der Waals surface area contributed by atoms with Gasteiger partial charge in [0.25, 0.3) is 0 Å². The van der Waals surface area contributed by atoms with Crippen molar-refractivity contribution in [3.8, 4) is 34.3 Å². The van der Waals surface area contributed by atoms with E-state index in [0.29, 0.717) is 117 Å².